The van der Waals surface area contributed by atoms with Gasteiger partial charge in [-0.25, -0.2) is 0 Å². The molecule has 1 aliphatic carbocycles. The Morgan fingerprint density at radius 3 is 2.88 bits per heavy atom. The summed E-state index contributed by atoms with van der Waals surface area (Å²) in [6.45, 7) is 6.06. The van der Waals surface area contributed by atoms with Crippen LogP contribution in [0.15, 0.2) is 22.5 Å². The topological polar surface area (TPSA) is 41.6 Å². The third-order valence-corrected chi connectivity index (χ3v) is 3.67. The highest BCUT2D eigenvalue weighted by Crippen LogP contribution is 2.28. The van der Waals surface area contributed by atoms with Crippen LogP contribution in [0.25, 0.3) is 0 Å². The van der Waals surface area contributed by atoms with Crippen molar-refractivity contribution in [1.82, 2.24) is 4.90 Å². The molecule has 1 aliphatic rings. The predicted octanol–water partition coefficient (Wildman–Crippen LogP) is 2.68. The van der Waals surface area contributed by atoms with Crippen LogP contribution in [0.2, 0.25) is 0 Å². The zero-order valence-corrected chi connectivity index (χ0v) is 11.4. The maximum absolute atomic E-state index is 6.10. The number of aliphatic imine (C=N–C) groups is 1. The number of guanidine groups is 1. The van der Waals surface area contributed by atoms with Crippen LogP contribution >= 0.6 is 11.3 Å². The minimum atomic E-state index is 0.566. The number of nitrogens with two attached hydrogens (primary N) is 1. The molecule has 0 atom stereocenters. The van der Waals surface area contributed by atoms with Gasteiger partial charge in [-0.2, -0.15) is 0 Å². The molecule has 1 aromatic rings. The molecular weight excluding hydrogens is 230 g/mol. The third-order valence-electron chi connectivity index (χ3n) is 2.81. The van der Waals surface area contributed by atoms with Crippen molar-refractivity contribution >= 4 is 17.3 Å². The van der Waals surface area contributed by atoms with Crippen molar-refractivity contribution in [2.75, 3.05) is 6.54 Å². The molecule has 0 unspecified atom stereocenters. The Morgan fingerprint density at radius 1 is 1.59 bits per heavy atom. The second kappa shape index (κ2) is 5.54. The van der Waals surface area contributed by atoms with Crippen molar-refractivity contribution < 1.29 is 0 Å². The smallest absolute Gasteiger partial charge is 0.191 e. The largest absolute Gasteiger partial charge is 0.370 e. The molecule has 4 heteroatoms. The van der Waals surface area contributed by atoms with Crippen LogP contribution in [-0.2, 0) is 6.54 Å². The first kappa shape index (κ1) is 12.4. The fourth-order valence-electron chi connectivity index (χ4n) is 1.72. The predicted molar refractivity (Wildman–Crippen MR) is 74.2 cm³/mol. The lowest BCUT2D eigenvalue weighted by atomic mass is 10.2. The van der Waals surface area contributed by atoms with E-state index in [2.05, 4.69) is 41.3 Å². The zero-order valence-electron chi connectivity index (χ0n) is 10.6. The minimum Gasteiger partial charge on any atom is -0.370 e. The molecule has 0 amide bonds. The molecule has 0 bridgehead atoms. The highest BCUT2D eigenvalue weighted by atomic mass is 32.1. The Hall–Kier alpha value is -1.03. The molecule has 17 heavy (non-hydrogen) atoms. The van der Waals surface area contributed by atoms with Crippen molar-refractivity contribution in [3.63, 3.8) is 0 Å². The molecule has 0 aromatic carbocycles. The van der Waals surface area contributed by atoms with E-state index >= 15 is 0 Å². The maximum atomic E-state index is 6.10. The van der Waals surface area contributed by atoms with Crippen LogP contribution in [0.5, 0.6) is 0 Å². The van der Waals surface area contributed by atoms with Crippen molar-refractivity contribution in [2.45, 2.75) is 39.3 Å². The Labute approximate surface area is 107 Å². The van der Waals surface area contributed by atoms with Crippen LogP contribution < -0.4 is 5.73 Å². The summed E-state index contributed by atoms with van der Waals surface area (Å²) in [4.78, 5) is 8.11. The van der Waals surface area contributed by atoms with E-state index in [4.69, 9.17) is 5.73 Å². The van der Waals surface area contributed by atoms with Crippen LogP contribution in [0.1, 0.15) is 31.6 Å². The van der Waals surface area contributed by atoms with Gasteiger partial charge in [-0.3, -0.25) is 4.99 Å². The van der Waals surface area contributed by atoms with Gasteiger partial charge in [-0.15, -0.1) is 11.3 Å². The molecule has 0 saturated heterocycles. The highest BCUT2D eigenvalue weighted by molar-refractivity contribution is 7.09. The summed E-state index contributed by atoms with van der Waals surface area (Å²) >= 11 is 1.79. The van der Waals surface area contributed by atoms with Crippen LogP contribution in [0, 0.1) is 5.92 Å². The van der Waals surface area contributed by atoms with Crippen molar-refractivity contribution in [1.29, 1.82) is 0 Å². The summed E-state index contributed by atoms with van der Waals surface area (Å²) in [5.41, 5.74) is 6.10. The molecule has 94 valence electrons. The Morgan fingerprint density at radius 2 is 2.35 bits per heavy atom. The molecule has 1 saturated carbocycles. The lowest BCUT2D eigenvalue weighted by molar-refractivity contribution is 0.399. The standard InChI is InChI=1S/C13H21N3S/c1-10(2)8-15-13(14)16(11-5-6-11)9-12-4-3-7-17-12/h3-4,7,10-11H,5-6,8-9H2,1-2H3,(H2,14,15). The van der Waals surface area contributed by atoms with E-state index in [0.717, 1.165) is 19.0 Å². The number of thiophene rings is 1. The highest BCUT2D eigenvalue weighted by Gasteiger charge is 2.30. The fraction of sp³-hybridized carbons (Fsp3) is 0.615. The molecular formula is C13H21N3S. The van der Waals surface area contributed by atoms with Gasteiger partial charge in [0, 0.05) is 17.5 Å². The van der Waals surface area contributed by atoms with Gasteiger partial charge in [0.2, 0.25) is 0 Å². The second-order valence-corrected chi connectivity index (χ2v) is 6.06. The SMILES string of the molecule is CC(C)CN=C(N)N(Cc1cccs1)C1CC1. The second-order valence-electron chi connectivity index (χ2n) is 5.03. The molecule has 2 rings (SSSR count). The summed E-state index contributed by atoms with van der Waals surface area (Å²) in [6, 6.07) is 4.87. The Balaban J connectivity index is 1.99. The maximum Gasteiger partial charge on any atom is 0.191 e. The number of rotatable bonds is 5. The van der Waals surface area contributed by atoms with Gasteiger partial charge in [0.25, 0.3) is 0 Å². The molecule has 1 heterocycles. The fourth-order valence-corrected chi connectivity index (χ4v) is 2.42. The molecule has 3 nitrogen and oxygen atoms in total. The number of nitrogens with zero attached hydrogens (tertiary/aromatic N) is 2. The molecule has 1 fully saturated rings. The van der Waals surface area contributed by atoms with E-state index in [1.165, 1.54) is 17.7 Å². The van der Waals surface area contributed by atoms with E-state index in [-0.39, 0.29) is 0 Å². The van der Waals surface area contributed by atoms with Gasteiger partial charge in [0.05, 0.1) is 6.54 Å². The summed E-state index contributed by atoms with van der Waals surface area (Å²) in [6.07, 6.45) is 2.51. The van der Waals surface area contributed by atoms with Gasteiger partial charge in [-0.1, -0.05) is 19.9 Å². The van der Waals surface area contributed by atoms with Gasteiger partial charge in [-0.05, 0) is 30.2 Å². The first-order valence-electron chi connectivity index (χ1n) is 6.25. The summed E-state index contributed by atoms with van der Waals surface area (Å²) in [7, 11) is 0. The van der Waals surface area contributed by atoms with Crippen LogP contribution in [0.3, 0.4) is 0 Å². The van der Waals surface area contributed by atoms with Gasteiger partial charge in [0.15, 0.2) is 5.96 Å². The minimum absolute atomic E-state index is 0.566. The lowest BCUT2D eigenvalue weighted by Gasteiger charge is -2.23. The van der Waals surface area contributed by atoms with Gasteiger partial charge in [0.1, 0.15) is 0 Å². The average Bonchev–Trinajstić information content (AvgIpc) is 3.00. The van der Waals surface area contributed by atoms with Gasteiger partial charge >= 0.3 is 0 Å². The molecule has 2 N–H and O–H groups in total. The zero-order chi connectivity index (χ0) is 12.3. The van der Waals surface area contributed by atoms with Crippen molar-refractivity contribution in [3.8, 4) is 0 Å². The normalized spacial score (nSPS) is 16.5. The average molecular weight is 251 g/mol. The lowest BCUT2D eigenvalue weighted by Crippen LogP contribution is -2.38. The summed E-state index contributed by atoms with van der Waals surface area (Å²) < 4.78 is 0. The molecule has 0 aliphatic heterocycles. The monoisotopic (exact) mass is 251 g/mol. The summed E-state index contributed by atoms with van der Waals surface area (Å²) in [5.74, 6) is 1.28. The first-order chi connectivity index (χ1) is 8.16. The Kier molecular flexibility index (Phi) is 4.05. The van der Waals surface area contributed by atoms with Gasteiger partial charge < -0.3 is 10.6 Å². The Bertz CT molecular complexity index is 366. The van der Waals surface area contributed by atoms with Crippen LogP contribution in [0.4, 0.5) is 0 Å². The van der Waals surface area contributed by atoms with Crippen molar-refractivity contribution in [2.24, 2.45) is 16.6 Å². The molecule has 0 radical (unpaired) electrons. The van der Waals surface area contributed by atoms with E-state index in [1.54, 1.807) is 11.3 Å². The van der Waals surface area contributed by atoms with E-state index in [1.807, 2.05) is 0 Å². The van der Waals surface area contributed by atoms with Crippen molar-refractivity contribution in [3.05, 3.63) is 22.4 Å². The molecule has 0 spiro atoms. The number of hydrogen-bond acceptors (Lipinski definition) is 2. The van der Waals surface area contributed by atoms with Crippen LogP contribution in [-0.4, -0.2) is 23.4 Å². The quantitative estimate of drug-likeness (QED) is 0.646. The summed E-state index contributed by atoms with van der Waals surface area (Å²) in [5, 5.41) is 2.11. The number of hydrogen-bond donors (Lipinski definition) is 1. The van der Waals surface area contributed by atoms with E-state index in [0.29, 0.717) is 12.0 Å². The van der Waals surface area contributed by atoms with E-state index < -0.39 is 0 Å². The first-order valence-corrected chi connectivity index (χ1v) is 7.13. The molecule has 1 aromatic heterocycles. The third kappa shape index (κ3) is 3.73. The van der Waals surface area contributed by atoms with E-state index in [9.17, 15) is 0 Å².